The van der Waals surface area contributed by atoms with Gasteiger partial charge in [-0.05, 0) is 24.5 Å². The first-order chi connectivity index (χ1) is 22.8. The van der Waals surface area contributed by atoms with Crippen LogP contribution >= 0.6 is 11.8 Å². The smallest absolute Gasteiger partial charge is 0.247 e. The number of hydrogen-bond acceptors (Lipinski definition) is 7. The molecule has 3 saturated heterocycles. The van der Waals surface area contributed by atoms with E-state index in [0.29, 0.717) is 45.8 Å². The molecule has 6 atom stereocenters. The van der Waals surface area contributed by atoms with Gasteiger partial charge in [0.25, 0.3) is 0 Å². The molecule has 2 aromatic carbocycles. The molecule has 1 unspecified atom stereocenters. The first kappa shape index (κ1) is 32.1. The molecular formula is C37H44N4O5S. The third-order valence-corrected chi connectivity index (χ3v) is 12.4. The van der Waals surface area contributed by atoms with Crippen molar-refractivity contribution < 1.29 is 24.2 Å². The Kier molecular flexibility index (Phi) is 9.04. The van der Waals surface area contributed by atoms with E-state index in [4.69, 9.17) is 4.74 Å². The normalized spacial score (nSPS) is 31.4. The lowest BCUT2D eigenvalue weighted by Crippen LogP contribution is -2.58. The molecule has 10 heteroatoms. The molecule has 0 bridgehead atoms. The highest BCUT2D eigenvalue weighted by Gasteiger charge is 2.74. The third-order valence-electron chi connectivity index (χ3n) is 10.6. The number of hydrogen-bond donors (Lipinski definition) is 1. The summed E-state index contributed by atoms with van der Waals surface area (Å²) in [5, 5.41) is 10.9. The summed E-state index contributed by atoms with van der Waals surface area (Å²) in [6.45, 7) is 7.36. The average molecular weight is 657 g/mol. The standard InChI is InChI=1S/C37H44N4O5S/c1-36-14-8-17-40(25-28-12-6-3-7-13-28)33(43)30(36)31-34(44)41(29(26-42)24-27-10-4-2-5-11-27)32-35(45)39(16-9-15-37(31,32)47-36)19-18-38-20-22-46-23-21-38/h2-15,29-32,42H,16-26H2,1H3/t29-,30-,31+,32?,36+,37+/m1/s1. The SMILES string of the molecule is C[C@]12C=CCN(Cc3ccccc3)C(=O)[C@H]1[C@H]1C(=O)N([C@@H](CO)Cc3ccccc3)C3C(=O)N(CCN4CCOCC4)CC=C[C@@]31S2. The largest absolute Gasteiger partial charge is 0.394 e. The van der Waals surface area contributed by atoms with Crippen LogP contribution in [-0.2, 0) is 32.1 Å². The van der Waals surface area contributed by atoms with Crippen LogP contribution in [0, 0.1) is 11.8 Å². The molecule has 1 spiro atoms. The van der Waals surface area contributed by atoms with Crippen molar-refractivity contribution in [2.45, 2.75) is 41.5 Å². The summed E-state index contributed by atoms with van der Waals surface area (Å²) in [5.41, 5.74) is 2.00. The van der Waals surface area contributed by atoms with Crippen LogP contribution in [0.1, 0.15) is 18.1 Å². The van der Waals surface area contributed by atoms with E-state index >= 15 is 4.79 Å². The van der Waals surface area contributed by atoms with Crippen LogP contribution < -0.4 is 0 Å². The maximum absolute atomic E-state index is 15.0. The lowest BCUT2D eigenvalue weighted by atomic mass is 9.74. The van der Waals surface area contributed by atoms with Crippen molar-refractivity contribution in [2.24, 2.45) is 11.8 Å². The number of amides is 3. The molecule has 3 amide bonds. The van der Waals surface area contributed by atoms with Gasteiger partial charge in [0.1, 0.15) is 6.04 Å². The summed E-state index contributed by atoms with van der Waals surface area (Å²) in [4.78, 5) is 52.2. The molecule has 0 aliphatic carbocycles. The Morgan fingerprint density at radius 2 is 1.49 bits per heavy atom. The van der Waals surface area contributed by atoms with Crippen molar-refractivity contribution in [2.75, 3.05) is 59.1 Å². The highest BCUT2D eigenvalue weighted by atomic mass is 32.2. The topological polar surface area (TPSA) is 93.6 Å². The van der Waals surface area contributed by atoms with E-state index in [0.717, 1.165) is 30.8 Å². The maximum Gasteiger partial charge on any atom is 0.247 e. The maximum atomic E-state index is 15.0. The molecule has 2 aromatic rings. The van der Waals surface area contributed by atoms with E-state index in [9.17, 15) is 14.7 Å². The van der Waals surface area contributed by atoms with Crippen molar-refractivity contribution in [3.63, 3.8) is 0 Å². The minimum absolute atomic E-state index is 0.0671. The van der Waals surface area contributed by atoms with Crippen LogP contribution in [0.4, 0.5) is 0 Å². The van der Waals surface area contributed by atoms with Gasteiger partial charge in [-0.1, -0.05) is 85.0 Å². The van der Waals surface area contributed by atoms with Gasteiger partial charge in [-0.3, -0.25) is 19.3 Å². The number of fused-ring (bicyclic) bond motifs is 2. The number of carbonyl (C=O) groups excluding carboxylic acids is 3. The Bertz CT molecular complexity index is 1530. The number of likely N-dealkylation sites (tertiary alicyclic amines) is 1. The van der Waals surface area contributed by atoms with E-state index < -0.39 is 33.4 Å². The fourth-order valence-electron chi connectivity index (χ4n) is 8.32. The molecule has 3 fully saturated rings. The van der Waals surface area contributed by atoms with Crippen LogP contribution in [0.3, 0.4) is 0 Å². The number of carbonyl (C=O) groups is 3. The number of morpholine rings is 1. The van der Waals surface area contributed by atoms with Crippen LogP contribution in [0.5, 0.6) is 0 Å². The third kappa shape index (κ3) is 5.83. The quantitative estimate of drug-likeness (QED) is 0.415. The van der Waals surface area contributed by atoms with Gasteiger partial charge in [-0.2, -0.15) is 0 Å². The number of aliphatic hydroxyl groups excluding tert-OH is 1. The Morgan fingerprint density at radius 1 is 0.830 bits per heavy atom. The first-order valence-electron chi connectivity index (χ1n) is 16.8. The second-order valence-electron chi connectivity index (χ2n) is 13.5. The van der Waals surface area contributed by atoms with Gasteiger partial charge in [0.05, 0.1) is 42.4 Å². The molecule has 47 heavy (non-hydrogen) atoms. The minimum Gasteiger partial charge on any atom is -0.394 e. The van der Waals surface area contributed by atoms with Crippen molar-refractivity contribution >= 4 is 29.5 Å². The molecule has 0 saturated carbocycles. The zero-order valence-electron chi connectivity index (χ0n) is 26.9. The molecule has 248 valence electrons. The molecule has 9 nitrogen and oxygen atoms in total. The van der Waals surface area contributed by atoms with Crippen molar-refractivity contribution in [3.05, 3.63) is 96.1 Å². The second-order valence-corrected chi connectivity index (χ2v) is 15.3. The van der Waals surface area contributed by atoms with E-state index in [1.807, 2.05) is 82.6 Å². The van der Waals surface area contributed by atoms with Gasteiger partial charge in [0, 0.05) is 50.6 Å². The van der Waals surface area contributed by atoms with Crippen molar-refractivity contribution in [1.29, 1.82) is 0 Å². The lowest BCUT2D eigenvalue weighted by Gasteiger charge is -2.40. The molecule has 0 aromatic heterocycles. The Balaban J connectivity index is 1.27. The molecule has 7 rings (SSSR count). The monoisotopic (exact) mass is 656 g/mol. The van der Waals surface area contributed by atoms with Crippen LogP contribution in [0.15, 0.2) is 85.0 Å². The molecular weight excluding hydrogens is 612 g/mol. The van der Waals surface area contributed by atoms with Gasteiger partial charge < -0.3 is 24.5 Å². The van der Waals surface area contributed by atoms with Gasteiger partial charge in [0.2, 0.25) is 17.7 Å². The van der Waals surface area contributed by atoms with E-state index in [2.05, 4.69) is 24.0 Å². The van der Waals surface area contributed by atoms with E-state index in [1.165, 1.54) is 0 Å². The number of nitrogens with zero attached hydrogens (tertiary/aromatic N) is 4. The fraction of sp³-hybridized carbons (Fsp3) is 0.486. The summed E-state index contributed by atoms with van der Waals surface area (Å²) in [7, 11) is 0. The van der Waals surface area contributed by atoms with E-state index in [1.54, 1.807) is 16.7 Å². The Labute approximate surface area is 281 Å². The Hall–Kier alpha value is -3.44. The molecule has 5 aliphatic heterocycles. The molecule has 5 heterocycles. The summed E-state index contributed by atoms with van der Waals surface area (Å²) in [6, 6.07) is 18.2. The zero-order chi connectivity index (χ0) is 32.6. The number of benzene rings is 2. The van der Waals surface area contributed by atoms with Crippen LogP contribution in [0.25, 0.3) is 0 Å². The molecule has 1 N–H and O–H groups in total. The molecule has 0 radical (unpaired) electrons. The number of rotatable bonds is 9. The van der Waals surface area contributed by atoms with Gasteiger partial charge >= 0.3 is 0 Å². The van der Waals surface area contributed by atoms with Crippen LogP contribution in [0.2, 0.25) is 0 Å². The summed E-state index contributed by atoms with van der Waals surface area (Å²) < 4.78 is 3.88. The highest BCUT2D eigenvalue weighted by molar-refractivity contribution is 8.02. The number of aliphatic hydroxyl groups is 1. The lowest BCUT2D eigenvalue weighted by molar-refractivity contribution is -0.147. The fourth-order valence-corrected chi connectivity index (χ4v) is 10.5. The predicted octanol–water partition coefficient (Wildman–Crippen LogP) is 2.61. The van der Waals surface area contributed by atoms with Crippen LogP contribution in [-0.4, -0.2) is 123 Å². The van der Waals surface area contributed by atoms with Gasteiger partial charge in [-0.25, -0.2) is 0 Å². The zero-order valence-corrected chi connectivity index (χ0v) is 27.8. The summed E-state index contributed by atoms with van der Waals surface area (Å²) in [6.07, 6.45) is 8.65. The summed E-state index contributed by atoms with van der Waals surface area (Å²) >= 11 is 1.59. The highest BCUT2D eigenvalue weighted by Crippen LogP contribution is 2.66. The predicted molar refractivity (Wildman–Crippen MR) is 181 cm³/mol. The van der Waals surface area contributed by atoms with E-state index in [-0.39, 0.29) is 24.3 Å². The Morgan fingerprint density at radius 3 is 2.19 bits per heavy atom. The number of ether oxygens (including phenoxy) is 1. The summed E-state index contributed by atoms with van der Waals surface area (Å²) in [5.74, 6) is -1.82. The van der Waals surface area contributed by atoms with Crippen molar-refractivity contribution in [1.82, 2.24) is 19.6 Å². The second kappa shape index (κ2) is 13.2. The first-order valence-corrected chi connectivity index (χ1v) is 17.6. The minimum atomic E-state index is -0.957. The average Bonchev–Trinajstić information content (AvgIpc) is 3.37. The number of thioether (sulfide) groups is 1. The van der Waals surface area contributed by atoms with Crippen molar-refractivity contribution in [3.8, 4) is 0 Å². The van der Waals surface area contributed by atoms with Gasteiger partial charge in [-0.15, -0.1) is 11.8 Å². The van der Waals surface area contributed by atoms with Gasteiger partial charge in [0.15, 0.2) is 0 Å². The molecule has 5 aliphatic rings.